The second-order valence-electron chi connectivity index (χ2n) is 5.61. The summed E-state index contributed by atoms with van der Waals surface area (Å²) in [5, 5.41) is 4.69. The highest BCUT2D eigenvalue weighted by Gasteiger charge is 2.49. The van der Waals surface area contributed by atoms with Crippen molar-refractivity contribution in [3.63, 3.8) is 0 Å². The molecule has 0 aliphatic carbocycles. The van der Waals surface area contributed by atoms with Crippen LogP contribution >= 0.6 is 11.3 Å². The fraction of sp³-hybridized carbons (Fsp3) is 0.250. The Bertz CT molecular complexity index is 789. The van der Waals surface area contributed by atoms with Gasteiger partial charge in [-0.25, -0.2) is 4.79 Å². The molecule has 1 aromatic heterocycles. The maximum Gasteiger partial charge on any atom is 0.325 e. The van der Waals surface area contributed by atoms with Crippen LogP contribution in [0.3, 0.4) is 0 Å². The van der Waals surface area contributed by atoms with Crippen molar-refractivity contribution >= 4 is 23.3 Å². The van der Waals surface area contributed by atoms with Gasteiger partial charge in [0.25, 0.3) is 5.91 Å². The van der Waals surface area contributed by atoms with Crippen molar-refractivity contribution in [2.45, 2.75) is 19.0 Å². The smallest absolute Gasteiger partial charge is 0.325 e. The van der Waals surface area contributed by atoms with Crippen LogP contribution in [0.4, 0.5) is 4.79 Å². The highest BCUT2D eigenvalue weighted by molar-refractivity contribution is 7.10. The van der Waals surface area contributed by atoms with E-state index in [0.29, 0.717) is 11.5 Å². The average molecular weight is 330 g/mol. The summed E-state index contributed by atoms with van der Waals surface area (Å²) in [6, 6.07) is 8.74. The molecule has 118 valence electrons. The molecule has 0 saturated carbocycles. The molecule has 7 heteroatoms. The number of nitrogens with zero attached hydrogens (tertiary/aromatic N) is 1. The SMILES string of the molecule is C[C@@]1(c2cccs2)NC(=O)N(Cc2ccc3c(c2)OCO3)C1=O. The van der Waals surface area contributed by atoms with Crippen LogP contribution in [0.15, 0.2) is 35.7 Å². The molecule has 23 heavy (non-hydrogen) atoms. The Morgan fingerprint density at radius 2 is 2.09 bits per heavy atom. The molecular weight excluding hydrogens is 316 g/mol. The molecule has 1 N–H and O–H groups in total. The van der Waals surface area contributed by atoms with Gasteiger partial charge >= 0.3 is 6.03 Å². The highest BCUT2D eigenvalue weighted by Crippen LogP contribution is 2.35. The van der Waals surface area contributed by atoms with Gasteiger partial charge in [-0.15, -0.1) is 11.3 Å². The number of nitrogens with one attached hydrogen (secondary N) is 1. The molecule has 0 bridgehead atoms. The lowest BCUT2D eigenvalue weighted by Crippen LogP contribution is -2.40. The number of imide groups is 1. The fourth-order valence-electron chi connectivity index (χ4n) is 2.79. The van der Waals surface area contributed by atoms with Gasteiger partial charge in [-0.05, 0) is 36.1 Å². The predicted octanol–water partition coefficient (Wildman–Crippen LogP) is 2.44. The van der Waals surface area contributed by atoms with Crippen LogP contribution in [-0.2, 0) is 16.9 Å². The van der Waals surface area contributed by atoms with Crippen LogP contribution in [0.1, 0.15) is 17.4 Å². The molecule has 2 aliphatic heterocycles. The largest absolute Gasteiger partial charge is 0.454 e. The molecule has 2 aromatic rings. The number of ether oxygens (including phenoxy) is 2. The maximum absolute atomic E-state index is 12.8. The molecule has 2 aliphatic rings. The third kappa shape index (κ3) is 2.16. The number of carbonyl (C=O) groups excluding carboxylic acids is 2. The van der Waals surface area contributed by atoms with Crippen LogP contribution < -0.4 is 14.8 Å². The lowest BCUT2D eigenvalue weighted by Gasteiger charge is -2.20. The first-order chi connectivity index (χ1) is 11.1. The Kier molecular flexibility index (Phi) is 3.05. The maximum atomic E-state index is 12.8. The van der Waals surface area contributed by atoms with Gasteiger partial charge < -0.3 is 14.8 Å². The number of urea groups is 1. The van der Waals surface area contributed by atoms with E-state index in [2.05, 4.69) is 5.32 Å². The fourth-order valence-corrected chi connectivity index (χ4v) is 3.63. The van der Waals surface area contributed by atoms with E-state index in [9.17, 15) is 9.59 Å². The Balaban J connectivity index is 1.60. The first-order valence-corrected chi connectivity index (χ1v) is 8.02. The lowest BCUT2D eigenvalue weighted by atomic mass is 10.0. The van der Waals surface area contributed by atoms with E-state index < -0.39 is 5.54 Å². The minimum Gasteiger partial charge on any atom is -0.454 e. The van der Waals surface area contributed by atoms with Crippen molar-refractivity contribution in [3.05, 3.63) is 46.2 Å². The number of hydrogen-bond acceptors (Lipinski definition) is 5. The minimum absolute atomic E-state index is 0.193. The zero-order valence-corrected chi connectivity index (χ0v) is 13.2. The van der Waals surface area contributed by atoms with Gasteiger partial charge in [0.15, 0.2) is 17.0 Å². The van der Waals surface area contributed by atoms with E-state index in [4.69, 9.17) is 9.47 Å². The van der Waals surface area contributed by atoms with Gasteiger partial charge in [0.1, 0.15) is 0 Å². The molecular formula is C16H14N2O4S. The molecule has 4 rings (SSSR count). The Hall–Kier alpha value is -2.54. The van der Waals surface area contributed by atoms with E-state index in [1.807, 2.05) is 23.6 Å². The molecule has 1 saturated heterocycles. The molecule has 1 atom stereocenters. The van der Waals surface area contributed by atoms with Crippen molar-refractivity contribution in [1.82, 2.24) is 10.2 Å². The van der Waals surface area contributed by atoms with E-state index in [1.54, 1.807) is 19.1 Å². The molecule has 1 aromatic carbocycles. The highest BCUT2D eigenvalue weighted by atomic mass is 32.1. The number of benzene rings is 1. The summed E-state index contributed by atoms with van der Waals surface area (Å²) in [6.07, 6.45) is 0. The van der Waals surface area contributed by atoms with Gasteiger partial charge in [-0.2, -0.15) is 0 Å². The van der Waals surface area contributed by atoms with Gasteiger partial charge in [0, 0.05) is 4.88 Å². The van der Waals surface area contributed by atoms with Crippen molar-refractivity contribution in [1.29, 1.82) is 0 Å². The van der Waals surface area contributed by atoms with Crippen molar-refractivity contribution < 1.29 is 19.1 Å². The third-order valence-corrected chi connectivity index (χ3v) is 5.16. The Morgan fingerprint density at radius 3 is 2.87 bits per heavy atom. The number of rotatable bonds is 3. The molecule has 0 unspecified atom stereocenters. The van der Waals surface area contributed by atoms with E-state index in [0.717, 1.165) is 10.4 Å². The molecule has 3 amide bonds. The Labute approximate surface area is 136 Å². The van der Waals surface area contributed by atoms with Gasteiger partial charge in [0.05, 0.1) is 6.54 Å². The van der Waals surface area contributed by atoms with Crippen LogP contribution in [0.2, 0.25) is 0 Å². The molecule has 1 fully saturated rings. The summed E-state index contributed by atoms with van der Waals surface area (Å²) in [5.74, 6) is 1.06. The summed E-state index contributed by atoms with van der Waals surface area (Å²) in [4.78, 5) is 27.1. The zero-order chi connectivity index (χ0) is 16.0. The van der Waals surface area contributed by atoms with E-state index in [-0.39, 0.29) is 25.3 Å². The normalized spacial score (nSPS) is 22.6. The quantitative estimate of drug-likeness (QED) is 0.878. The number of amides is 3. The van der Waals surface area contributed by atoms with Crippen LogP contribution in [0, 0.1) is 0 Å². The standard InChI is InChI=1S/C16H14N2O4S/c1-16(13-3-2-6-23-13)14(19)18(15(20)17-16)8-10-4-5-11-12(7-10)22-9-21-11/h2-7H,8-9H2,1H3,(H,17,20)/t16-/m0/s1. The zero-order valence-electron chi connectivity index (χ0n) is 12.4. The molecule has 0 radical (unpaired) electrons. The van der Waals surface area contributed by atoms with Crippen molar-refractivity contribution in [2.75, 3.05) is 6.79 Å². The molecule has 3 heterocycles. The second kappa shape index (κ2) is 4.99. The van der Waals surface area contributed by atoms with Crippen LogP contribution in [0.5, 0.6) is 11.5 Å². The third-order valence-electron chi connectivity index (χ3n) is 4.07. The number of hydrogen-bond donors (Lipinski definition) is 1. The summed E-state index contributed by atoms with van der Waals surface area (Å²) in [5.41, 5.74) is -0.185. The minimum atomic E-state index is -0.998. The predicted molar refractivity (Wildman–Crippen MR) is 83.3 cm³/mol. The number of thiophene rings is 1. The molecule has 0 spiro atoms. The lowest BCUT2D eigenvalue weighted by molar-refractivity contribution is -0.131. The first-order valence-electron chi connectivity index (χ1n) is 7.14. The summed E-state index contributed by atoms with van der Waals surface area (Å²) < 4.78 is 10.6. The van der Waals surface area contributed by atoms with Crippen molar-refractivity contribution in [3.8, 4) is 11.5 Å². The van der Waals surface area contributed by atoms with Crippen molar-refractivity contribution in [2.24, 2.45) is 0 Å². The van der Waals surface area contributed by atoms with E-state index in [1.165, 1.54) is 16.2 Å². The monoisotopic (exact) mass is 330 g/mol. The van der Waals surface area contributed by atoms with Gasteiger partial charge in [-0.1, -0.05) is 12.1 Å². The number of fused-ring (bicyclic) bond motifs is 1. The second-order valence-corrected chi connectivity index (χ2v) is 6.56. The summed E-state index contributed by atoms with van der Waals surface area (Å²) >= 11 is 1.45. The van der Waals surface area contributed by atoms with E-state index >= 15 is 0 Å². The van der Waals surface area contributed by atoms with Crippen LogP contribution in [-0.4, -0.2) is 23.6 Å². The average Bonchev–Trinajstić information content (AvgIpc) is 3.25. The summed E-state index contributed by atoms with van der Waals surface area (Å²) in [7, 11) is 0. The Morgan fingerprint density at radius 1 is 1.26 bits per heavy atom. The molecule has 6 nitrogen and oxygen atoms in total. The topological polar surface area (TPSA) is 67.9 Å². The van der Waals surface area contributed by atoms with Gasteiger partial charge in [0.2, 0.25) is 6.79 Å². The number of carbonyl (C=O) groups is 2. The first kappa shape index (κ1) is 14.1. The summed E-state index contributed by atoms with van der Waals surface area (Å²) in [6.45, 7) is 2.12. The van der Waals surface area contributed by atoms with Gasteiger partial charge in [-0.3, -0.25) is 9.69 Å². The van der Waals surface area contributed by atoms with Crippen LogP contribution in [0.25, 0.3) is 0 Å².